The van der Waals surface area contributed by atoms with E-state index in [0.717, 1.165) is 30.2 Å². The maximum absolute atomic E-state index is 13.9. The van der Waals surface area contributed by atoms with E-state index in [-0.39, 0.29) is 28.1 Å². The van der Waals surface area contributed by atoms with E-state index in [2.05, 4.69) is 10.2 Å². The number of hydrogen-bond acceptors (Lipinski definition) is 8. The summed E-state index contributed by atoms with van der Waals surface area (Å²) in [6.07, 6.45) is 1.60. The largest absolute Gasteiger partial charge is 0.497 e. The summed E-state index contributed by atoms with van der Waals surface area (Å²) in [6, 6.07) is 9.04. The van der Waals surface area contributed by atoms with Crippen molar-refractivity contribution in [2.45, 2.75) is 23.8 Å². The molecule has 10 nitrogen and oxygen atoms in total. The number of carbonyl (C=O) groups excluding carboxylic acids is 1. The molecular weight excluding hydrogens is 474 g/mol. The van der Waals surface area contributed by atoms with E-state index in [4.69, 9.17) is 18.9 Å². The molecule has 0 bridgehead atoms. The first kappa shape index (κ1) is 26.4. The van der Waals surface area contributed by atoms with Crippen molar-refractivity contribution in [3.63, 3.8) is 0 Å². The molecule has 1 heterocycles. The molecular formula is C24H33N3O7S. The molecule has 1 fully saturated rings. The predicted molar refractivity (Wildman–Crippen MR) is 132 cm³/mol. The van der Waals surface area contributed by atoms with E-state index >= 15 is 0 Å². The van der Waals surface area contributed by atoms with E-state index in [0.29, 0.717) is 11.5 Å². The molecule has 2 aromatic carbocycles. The van der Waals surface area contributed by atoms with Crippen LogP contribution in [0.1, 0.15) is 12.8 Å². The van der Waals surface area contributed by atoms with Crippen molar-refractivity contribution in [3.8, 4) is 23.0 Å². The molecule has 1 N–H and O–H groups in total. The second-order valence-corrected chi connectivity index (χ2v) is 10.1. The van der Waals surface area contributed by atoms with Crippen LogP contribution in [0.4, 0.5) is 5.69 Å². The zero-order valence-corrected chi connectivity index (χ0v) is 21.6. The lowest BCUT2D eigenvalue weighted by molar-refractivity contribution is -0.120. The van der Waals surface area contributed by atoms with Gasteiger partial charge in [0.15, 0.2) is 11.5 Å². The molecule has 0 aromatic heterocycles. The molecule has 0 unspecified atom stereocenters. The van der Waals surface area contributed by atoms with Crippen molar-refractivity contribution in [1.29, 1.82) is 0 Å². The van der Waals surface area contributed by atoms with Crippen LogP contribution in [0.15, 0.2) is 41.3 Å². The Morgan fingerprint density at radius 3 is 2.17 bits per heavy atom. The number of methoxy groups -OCH3 is 4. The summed E-state index contributed by atoms with van der Waals surface area (Å²) in [4.78, 5) is 15.2. The summed E-state index contributed by atoms with van der Waals surface area (Å²) < 4.78 is 50.1. The van der Waals surface area contributed by atoms with Crippen molar-refractivity contribution in [3.05, 3.63) is 36.4 Å². The maximum Gasteiger partial charge on any atom is 0.265 e. The van der Waals surface area contributed by atoms with Gasteiger partial charge in [0.1, 0.15) is 18.0 Å². The summed E-state index contributed by atoms with van der Waals surface area (Å²) in [5.41, 5.74) is 0.181. The standard InChI is InChI=1S/C24H33N3O7S/c1-26-12-10-17(11-13-26)25-24(28)16-27(20-14-18(31-2)6-8-21(20)32-3)35(29,30)19-7-9-22(33-4)23(15-19)34-5/h6-9,14-15,17H,10-13,16H2,1-5H3,(H,25,28). The quantitative estimate of drug-likeness (QED) is 0.521. The van der Waals surface area contributed by atoms with Crippen molar-refractivity contribution in [2.24, 2.45) is 0 Å². The van der Waals surface area contributed by atoms with E-state index < -0.39 is 22.5 Å². The minimum absolute atomic E-state index is 0.0171. The van der Waals surface area contributed by atoms with Crippen LogP contribution in [0.5, 0.6) is 23.0 Å². The molecule has 3 rings (SSSR count). The van der Waals surface area contributed by atoms with Gasteiger partial charge < -0.3 is 29.2 Å². The normalized spacial score (nSPS) is 14.8. The molecule has 11 heteroatoms. The molecule has 1 aliphatic rings. The topological polar surface area (TPSA) is 107 Å². The van der Waals surface area contributed by atoms with Gasteiger partial charge in [-0.15, -0.1) is 0 Å². The summed E-state index contributed by atoms with van der Waals surface area (Å²) in [5, 5.41) is 2.98. The maximum atomic E-state index is 13.9. The fourth-order valence-corrected chi connectivity index (χ4v) is 5.39. The molecule has 35 heavy (non-hydrogen) atoms. The van der Waals surface area contributed by atoms with Gasteiger partial charge in [0.25, 0.3) is 10.0 Å². The third-order valence-electron chi connectivity index (χ3n) is 5.97. The third-order valence-corrected chi connectivity index (χ3v) is 7.72. The minimum atomic E-state index is -4.22. The highest BCUT2D eigenvalue weighted by Crippen LogP contribution is 2.37. The van der Waals surface area contributed by atoms with E-state index in [1.54, 1.807) is 12.1 Å². The number of anilines is 1. The van der Waals surface area contributed by atoms with E-state index in [1.165, 1.54) is 52.7 Å². The lowest BCUT2D eigenvalue weighted by atomic mass is 10.1. The van der Waals surface area contributed by atoms with Crippen LogP contribution in [-0.4, -0.2) is 80.4 Å². The second-order valence-electron chi connectivity index (χ2n) is 8.21. The fourth-order valence-electron chi connectivity index (χ4n) is 3.95. The molecule has 1 aliphatic heterocycles. The number of hydrogen-bond donors (Lipinski definition) is 1. The molecule has 0 spiro atoms. The van der Waals surface area contributed by atoms with Gasteiger partial charge in [-0.2, -0.15) is 0 Å². The Morgan fingerprint density at radius 1 is 0.943 bits per heavy atom. The molecule has 192 valence electrons. The summed E-state index contributed by atoms with van der Waals surface area (Å²) >= 11 is 0. The van der Waals surface area contributed by atoms with Gasteiger partial charge in [0.2, 0.25) is 5.91 Å². The molecule has 0 aliphatic carbocycles. The Morgan fingerprint density at radius 2 is 1.57 bits per heavy atom. The average molecular weight is 508 g/mol. The Balaban J connectivity index is 2.02. The molecule has 0 atom stereocenters. The zero-order valence-electron chi connectivity index (χ0n) is 20.7. The molecule has 0 radical (unpaired) electrons. The number of sulfonamides is 1. The van der Waals surface area contributed by atoms with E-state index in [9.17, 15) is 13.2 Å². The van der Waals surface area contributed by atoms with Crippen LogP contribution in [0.25, 0.3) is 0 Å². The first-order valence-corrected chi connectivity index (χ1v) is 12.6. The van der Waals surface area contributed by atoms with Crippen molar-refractivity contribution in [1.82, 2.24) is 10.2 Å². The summed E-state index contributed by atoms with van der Waals surface area (Å²) in [6.45, 7) is 1.29. The average Bonchev–Trinajstić information content (AvgIpc) is 2.87. The summed E-state index contributed by atoms with van der Waals surface area (Å²) in [5.74, 6) is 0.929. The van der Waals surface area contributed by atoms with Crippen molar-refractivity contribution >= 4 is 21.6 Å². The van der Waals surface area contributed by atoms with Crippen LogP contribution >= 0.6 is 0 Å². The lowest BCUT2D eigenvalue weighted by Gasteiger charge is -2.31. The van der Waals surface area contributed by atoms with Gasteiger partial charge in [-0.25, -0.2) is 8.42 Å². The monoisotopic (exact) mass is 507 g/mol. The van der Waals surface area contributed by atoms with Crippen LogP contribution in [0.2, 0.25) is 0 Å². The SMILES string of the molecule is COc1ccc(OC)c(N(CC(=O)NC2CCN(C)CC2)S(=O)(=O)c2ccc(OC)c(OC)c2)c1. The lowest BCUT2D eigenvalue weighted by Crippen LogP contribution is -2.47. The predicted octanol–water partition coefficient (Wildman–Crippen LogP) is 2.13. The number of nitrogens with one attached hydrogen (secondary N) is 1. The number of likely N-dealkylation sites (tertiary alicyclic amines) is 1. The fraction of sp³-hybridized carbons (Fsp3) is 0.458. The summed E-state index contributed by atoms with van der Waals surface area (Å²) in [7, 11) is 3.61. The number of rotatable bonds is 10. The zero-order chi connectivity index (χ0) is 25.6. The number of ether oxygens (including phenoxy) is 4. The molecule has 1 amide bonds. The first-order chi connectivity index (χ1) is 16.7. The first-order valence-electron chi connectivity index (χ1n) is 11.2. The van der Waals surface area contributed by atoms with Gasteiger partial charge >= 0.3 is 0 Å². The van der Waals surface area contributed by atoms with Crippen LogP contribution < -0.4 is 28.6 Å². The van der Waals surface area contributed by atoms with Crippen LogP contribution in [0, 0.1) is 0 Å². The Kier molecular flexibility index (Phi) is 8.68. The van der Waals surface area contributed by atoms with Gasteiger partial charge in [-0.3, -0.25) is 9.10 Å². The Bertz CT molecular complexity index is 1130. The molecule has 2 aromatic rings. The number of amides is 1. The minimum Gasteiger partial charge on any atom is -0.497 e. The number of carbonyl (C=O) groups is 1. The van der Waals surface area contributed by atoms with E-state index in [1.807, 2.05) is 7.05 Å². The Hall–Kier alpha value is -3.18. The number of benzene rings is 2. The molecule has 0 saturated carbocycles. The number of nitrogens with zero attached hydrogens (tertiary/aromatic N) is 2. The van der Waals surface area contributed by atoms with Gasteiger partial charge in [-0.05, 0) is 57.2 Å². The molecule has 1 saturated heterocycles. The van der Waals surface area contributed by atoms with Crippen LogP contribution in [-0.2, 0) is 14.8 Å². The van der Waals surface area contributed by atoms with Crippen LogP contribution in [0.3, 0.4) is 0 Å². The van der Waals surface area contributed by atoms with Gasteiger partial charge in [0, 0.05) is 18.2 Å². The highest BCUT2D eigenvalue weighted by molar-refractivity contribution is 7.92. The smallest absolute Gasteiger partial charge is 0.265 e. The third kappa shape index (κ3) is 6.09. The Labute approximate surface area is 206 Å². The van der Waals surface area contributed by atoms with Crippen molar-refractivity contribution in [2.75, 3.05) is 59.4 Å². The van der Waals surface area contributed by atoms with Gasteiger partial charge in [0.05, 0.1) is 39.0 Å². The second kappa shape index (κ2) is 11.5. The highest BCUT2D eigenvalue weighted by atomic mass is 32.2. The number of piperidine rings is 1. The highest BCUT2D eigenvalue weighted by Gasteiger charge is 2.31. The van der Waals surface area contributed by atoms with Crippen molar-refractivity contribution < 1.29 is 32.2 Å². The van der Waals surface area contributed by atoms with Gasteiger partial charge in [-0.1, -0.05) is 0 Å².